The van der Waals surface area contributed by atoms with Crippen LogP contribution in [0, 0.1) is 0 Å². The monoisotopic (exact) mass is 192 g/mol. The largest absolute Gasteiger partial charge is 0.465 e. The molecule has 0 radical (unpaired) electrons. The van der Waals surface area contributed by atoms with E-state index in [1.165, 1.54) is 7.11 Å². The van der Waals surface area contributed by atoms with Crippen LogP contribution in [-0.2, 0) is 4.74 Å². The number of benzene rings is 1. The topological polar surface area (TPSA) is 64.7 Å². The van der Waals surface area contributed by atoms with Gasteiger partial charge in [-0.1, -0.05) is 12.1 Å². The highest BCUT2D eigenvalue weighted by Gasteiger charge is 2.06. The standard InChI is InChI=1S/C10H12N2O2/c1-7(12-11)8-4-3-5-9(6-8)10(13)14-2/h3-6H,11H2,1-2H3/b12-7+. The number of hydrogen-bond donors (Lipinski definition) is 1. The van der Waals surface area contributed by atoms with Gasteiger partial charge in [-0.2, -0.15) is 5.10 Å². The van der Waals surface area contributed by atoms with Crippen LogP contribution in [0.15, 0.2) is 29.4 Å². The molecule has 2 N–H and O–H groups in total. The average Bonchev–Trinajstić information content (AvgIpc) is 2.27. The highest BCUT2D eigenvalue weighted by atomic mass is 16.5. The van der Waals surface area contributed by atoms with Crippen LogP contribution in [0.2, 0.25) is 0 Å². The summed E-state index contributed by atoms with van der Waals surface area (Å²) in [4.78, 5) is 11.2. The van der Waals surface area contributed by atoms with E-state index in [-0.39, 0.29) is 5.97 Å². The first-order chi connectivity index (χ1) is 6.69. The third-order valence-electron chi connectivity index (χ3n) is 1.90. The van der Waals surface area contributed by atoms with Crippen molar-refractivity contribution in [3.8, 4) is 0 Å². The Hall–Kier alpha value is -1.84. The SMILES string of the molecule is COC(=O)c1cccc(/C(C)=N/N)c1. The van der Waals surface area contributed by atoms with Crippen molar-refractivity contribution >= 4 is 11.7 Å². The highest BCUT2D eigenvalue weighted by Crippen LogP contribution is 2.07. The van der Waals surface area contributed by atoms with Crippen LogP contribution in [0.1, 0.15) is 22.8 Å². The number of carbonyl (C=O) groups is 1. The van der Waals surface area contributed by atoms with Gasteiger partial charge in [-0.3, -0.25) is 0 Å². The van der Waals surface area contributed by atoms with Gasteiger partial charge >= 0.3 is 5.97 Å². The van der Waals surface area contributed by atoms with Gasteiger partial charge in [0.2, 0.25) is 0 Å². The fourth-order valence-electron chi connectivity index (χ4n) is 1.06. The smallest absolute Gasteiger partial charge is 0.337 e. The van der Waals surface area contributed by atoms with E-state index in [1.807, 2.05) is 6.07 Å². The lowest BCUT2D eigenvalue weighted by Crippen LogP contribution is -2.04. The lowest BCUT2D eigenvalue weighted by molar-refractivity contribution is 0.0600. The van der Waals surface area contributed by atoms with E-state index in [2.05, 4.69) is 9.84 Å². The van der Waals surface area contributed by atoms with Crippen molar-refractivity contribution in [2.24, 2.45) is 10.9 Å². The molecule has 1 aromatic rings. The quantitative estimate of drug-likeness (QED) is 0.331. The molecule has 0 aliphatic carbocycles. The number of esters is 1. The van der Waals surface area contributed by atoms with Crippen LogP contribution >= 0.6 is 0 Å². The molecule has 0 spiro atoms. The summed E-state index contributed by atoms with van der Waals surface area (Å²) in [5.74, 6) is 4.77. The van der Waals surface area contributed by atoms with Gasteiger partial charge in [0, 0.05) is 0 Å². The molecule has 4 heteroatoms. The molecule has 0 saturated carbocycles. The van der Waals surface area contributed by atoms with Crippen LogP contribution in [0.25, 0.3) is 0 Å². The molecule has 4 nitrogen and oxygen atoms in total. The van der Waals surface area contributed by atoms with E-state index in [4.69, 9.17) is 5.84 Å². The van der Waals surface area contributed by atoms with E-state index in [9.17, 15) is 4.79 Å². The summed E-state index contributed by atoms with van der Waals surface area (Å²) < 4.78 is 4.59. The third kappa shape index (κ3) is 2.10. The summed E-state index contributed by atoms with van der Waals surface area (Å²) in [7, 11) is 1.35. The maximum atomic E-state index is 11.2. The predicted octanol–water partition coefficient (Wildman–Crippen LogP) is 1.16. The second kappa shape index (κ2) is 4.41. The molecule has 0 unspecified atom stereocenters. The number of rotatable bonds is 2. The Morgan fingerprint density at radius 1 is 1.43 bits per heavy atom. The molecule has 0 atom stereocenters. The normalized spacial score (nSPS) is 11.1. The average molecular weight is 192 g/mol. The van der Waals surface area contributed by atoms with Gasteiger partial charge in [-0.15, -0.1) is 0 Å². The number of methoxy groups -OCH3 is 1. The van der Waals surface area contributed by atoms with Gasteiger partial charge in [0.15, 0.2) is 0 Å². The lowest BCUT2D eigenvalue weighted by atomic mass is 10.1. The molecule has 14 heavy (non-hydrogen) atoms. The zero-order chi connectivity index (χ0) is 10.6. The molecular formula is C10H12N2O2. The fourth-order valence-corrected chi connectivity index (χ4v) is 1.06. The maximum absolute atomic E-state index is 11.2. The molecule has 0 amide bonds. The molecule has 0 aliphatic heterocycles. The predicted molar refractivity (Wildman–Crippen MR) is 54.2 cm³/mol. The molecule has 0 bridgehead atoms. The number of ether oxygens (including phenoxy) is 1. The van der Waals surface area contributed by atoms with Crippen molar-refractivity contribution in [1.82, 2.24) is 0 Å². The van der Waals surface area contributed by atoms with Gasteiger partial charge in [0.25, 0.3) is 0 Å². The van der Waals surface area contributed by atoms with Crippen LogP contribution in [0.4, 0.5) is 0 Å². The molecule has 0 saturated heterocycles. The van der Waals surface area contributed by atoms with Crippen molar-refractivity contribution < 1.29 is 9.53 Å². The van der Waals surface area contributed by atoms with Crippen molar-refractivity contribution in [3.63, 3.8) is 0 Å². The zero-order valence-electron chi connectivity index (χ0n) is 8.15. The first-order valence-electron chi connectivity index (χ1n) is 4.12. The first kappa shape index (κ1) is 10.2. The van der Waals surface area contributed by atoms with E-state index in [0.29, 0.717) is 11.3 Å². The summed E-state index contributed by atoms with van der Waals surface area (Å²) in [6.07, 6.45) is 0. The number of hydrazone groups is 1. The van der Waals surface area contributed by atoms with Crippen molar-refractivity contribution in [3.05, 3.63) is 35.4 Å². The highest BCUT2D eigenvalue weighted by molar-refractivity contribution is 6.00. The fraction of sp³-hybridized carbons (Fsp3) is 0.200. The first-order valence-corrected chi connectivity index (χ1v) is 4.12. The van der Waals surface area contributed by atoms with Gasteiger partial charge in [0.05, 0.1) is 18.4 Å². The molecular weight excluding hydrogens is 180 g/mol. The Balaban J connectivity index is 3.07. The van der Waals surface area contributed by atoms with Gasteiger partial charge in [-0.05, 0) is 24.6 Å². The minimum atomic E-state index is -0.364. The van der Waals surface area contributed by atoms with E-state index in [1.54, 1.807) is 25.1 Å². The third-order valence-corrected chi connectivity index (χ3v) is 1.90. The molecule has 0 aromatic heterocycles. The van der Waals surface area contributed by atoms with E-state index >= 15 is 0 Å². The summed E-state index contributed by atoms with van der Waals surface area (Å²) in [5, 5.41) is 3.55. The number of nitrogens with zero attached hydrogens (tertiary/aromatic N) is 1. The number of hydrogen-bond acceptors (Lipinski definition) is 4. The Labute approximate surface area is 82.4 Å². The summed E-state index contributed by atoms with van der Waals surface area (Å²) in [6.45, 7) is 1.77. The zero-order valence-corrected chi connectivity index (χ0v) is 8.15. The maximum Gasteiger partial charge on any atom is 0.337 e. The lowest BCUT2D eigenvalue weighted by Gasteiger charge is -2.02. The second-order valence-electron chi connectivity index (χ2n) is 2.79. The second-order valence-corrected chi connectivity index (χ2v) is 2.79. The Kier molecular flexibility index (Phi) is 3.23. The Morgan fingerprint density at radius 3 is 2.64 bits per heavy atom. The molecule has 1 rings (SSSR count). The molecule has 0 heterocycles. The van der Waals surface area contributed by atoms with Crippen LogP contribution < -0.4 is 5.84 Å². The summed E-state index contributed by atoms with van der Waals surface area (Å²) in [5.41, 5.74) is 1.99. The van der Waals surface area contributed by atoms with E-state index < -0.39 is 0 Å². The minimum absolute atomic E-state index is 0.364. The van der Waals surface area contributed by atoms with Crippen molar-refractivity contribution in [2.75, 3.05) is 7.11 Å². The Morgan fingerprint density at radius 2 is 2.07 bits per heavy atom. The van der Waals surface area contributed by atoms with Crippen molar-refractivity contribution in [2.45, 2.75) is 6.92 Å². The molecule has 1 aromatic carbocycles. The summed E-state index contributed by atoms with van der Waals surface area (Å²) in [6, 6.07) is 6.96. The molecule has 0 fully saturated rings. The van der Waals surface area contributed by atoms with E-state index in [0.717, 1.165) is 5.56 Å². The van der Waals surface area contributed by atoms with Crippen molar-refractivity contribution in [1.29, 1.82) is 0 Å². The Bertz CT molecular complexity index is 372. The molecule has 0 aliphatic rings. The van der Waals surface area contributed by atoms with Gasteiger partial charge < -0.3 is 10.6 Å². The van der Waals surface area contributed by atoms with Gasteiger partial charge in [0.1, 0.15) is 0 Å². The minimum Gasteiger partial charge on any atom is -0.465 e. The van der Waals surface area contributed by atoms with Crippen LogP contribution in [0.3, 0.4) is 0 Å². The van der Waals surface area contributed by atoms with Crippen LogP contribution in [-0.4, -0.2) is 18.8 Å². The number of carbonyl (C=O) groups excluding carboxylic acids is 1. The van der Waals surface area contributed by atoms with Crippen LogP contribution in [0.5, 0.6) is 0 Å². The van der Waals surface area contributed by atoms with Gasteiger partial charge in [-0.25, -0.2) is 4.79 Å². The summed E-state index contributed by atoms with van der Waals surface area (Å²) >= 11 is 0. The molecule has 74 valence electrons. The number of nitrogens with two attached hydrogens (primary N) is 1.